The Hall–Kier alpha value is -2.41. The molecule has 1 atom stereocenters. The summed E-state index contributed by atoms with van der Waals surface area (Å²) >= 11 is 0. The van der Waals surface area contributed by atoms with Crippen LogP contribution in [0.25, 0.3) is 0 Å². The van der Waals surface area contributed by atoms with Gasteiger partial charge >= 0.3 is 18.6 Å². The van der Waals surface area contributed by atoms with Gasteiger partial charge in [0, 0.05) is 0 Å². The van der Waals surface area contributed by atoms with Gasteiger partial charge in [0.05, 0.1) is 0 Å². The summed E-state index contributed by atoms with van der Waals surface area (Å²) in [6.45, 7) is 0. The van der Waals surface area contributed by atoms with Crippen molar-refractivity contribution in [1.82, 2.24) is 0 Å². The van der Waals surface area contributed by atoms with E-state index in [1.54, 1.807) is 0 Å². The maximum atomic E-state index is 6.10. The van der Waals surface area contributed by atoms with E-state index in [2.05, 4.69) is 0 Å². The summed E-state index contributed by atoms with van der Waals surface area (Å²) in [4.78, 5) is 0. The molecule has 0 amide bonds. The van der Waals surface area contributed by atoms with Crippen LogP contribution in [0.1, 0.15) is 0 Å². The van der Waals surface area contributed by atoms with E-state index in [1.165, 1.54) is 0 Å². The largest absolute Gasteiger partial charge is 0.804 e. The lowest BCUT2D eigenvalue weighted by Gasteiger charge is -2.34. The molecule has 0 N–H and O–H groups in total. The second-order valence-corrected chi connectivity index (χ2v) is 11.5. The van der Waals surface area contributed by atoms with Gasteiger partial charge in [0.1, 0.15) is 17.2 Å². The van der Waals surface area contributed by atoms with Gasteiger partial charge in [-0.05, 0) is 36.4 Å². The quantitative estimate of drug-likeness (QED) is 0.578. The molecule has 4 rings (SSSR count). The molecule has 138 valence electrons. The minimum absolute atomic E-state index is 0.614. The minimum Gasteiger partial charge on any atom is -0.504 e. The monoisotopic (exact) mass is 414 g/mol. The minimum atomic E-state index is -3.51. The molecule has 1 fully saturated rings. The molecule has 0 aromatic heterocycles. The molecule has 6 nitrogen and oxygen atoms in total. The van der Waals surface area contributed by atoms with Gasteiger partial charge < -0.3 is 25.6 Å². The average molecular weight is 415 g/mol. The Bertz CT molecular complexity index is 796. The van der Waals surface area contributed by atoms with Crippen LogP contribution in [0.4, 0.5) is 0 Å². The van der Waals surface area contributed by atoms with Gasteiger partial charge in [0.15, 0.2) is 0 Å². The first-order chi connectivity index (χ1) is 13.3. The average Bonchev–Trinajstić information content (AvgIpc) is 2.70. The van der Waals surface area contributed by atoms with Crippen LogP contribution in [0.3, 0.4) is 0 Å². The van der Waals surface area contributed by atoms with E-state index in [4.69, 9.17) is 25.6 Å². The Balaban J connectivity index is 1.56. The first-order valence-electron chi connectivity index (χ1n) is 8.45. The summed E-state index contributed by atoms with van der Waals surface area (Å²) in [5.41, 5.74) is 0. The van der Waals surface area contributed by atoms with Gasteiger partial charge in [0.2, 0.25) is 0 Å². The fourth-order valence-electron chi connectivity index (χ4n) is 2.41. The van der Waals surface area contributed by atoms with Crippen LogP contribution < -0.4 is 13.3 Å². The number of para-hydroxylation sites is 3. The summed E-state index contributed by atoms with van der Waals surface area (Å²) in [5.74, 6) is 1.92. The molecule has 1 aliphatic heterocycles. The van der Waals surface area contributed by atoms with Gasteiger partial charge in [-0.25, -0.2) is 0 Å². The van der Waals surface area contributed by atoms with Crippen molar-refractivity contribution in [3.63, 3.8) is 0 Å². The Morgan fingerprint density at radius 3 is 1.67 bits per heavy atom. The van der Waals surface area contributed by atoms with Crippen LogP contribution >= 0.6 is 0 Å². The van der Waals surface area contributed by atoms with E-state index in [1.807, 2.05) is 91.0 Å². The van der Waals surface area contributed by atoms with Crippen molar-refractivity contribution in [3.8, 4) is 17.2 Å². The molecular formula is C18H18O6Si3. The van der Waals surface area contributed by atoms with Crippen molar-refractivity contribution in [2.75, 3.05) is 0 Å². The molecule has 1 unspecified atom stereocenters. The normalized spacial score (nSPS) is 19.3. The zero-order chi connectivity index (χ0) is 18.4. The van der Waals surface area contributed by atoms with Gasteiger partial charge in [0.25, 0.3) is 10.0 Å². The molecule has 0 radical (unpaired) electrons. The maximum Gasteiger partial charge on any atom is 0.804 e. The van der Waals surface area contributed by atoms with Crippen molar-refractivity contribution in [3.05, 3.63) is 91.0 Å². The molecule has 0 bridgehead atoms. The first-order valence-corrected chi connectivity index (χ1v) is 12.6. The maximum absolute atomic E-state index is 6.10. The third-order valence-corrected chi connectivity index (χ3v) is 10.5. The van der Waals surface area contributed by atoms with Crippen LogP contribution in [-0.2, 0) is 12.3 Å². The predicted molar refractivity (Wildman–Crippen MR) is 106 cm³/mol. The summed E-state index contributed by atoms with van der Waals surface area (Å²) in [6.07, 6.45) is 0. The third-order valence-electron chi connectivity index (χ3n) is 3.63. The number of benzene rings is 3. The fourth-order valence-corrected chi connectivity index (χ4v) is 9.62. The highest BCUT2D eigenvalue weighted by atomic mass is 28.5. The van der Waals surface area contributed by atoms with Crippen LogP contribution in [0.2, 0.25) is 0 Å². The standard InChI is InChI=1S/C18H18O6Si3/c1-4-10-16(11-5-1)19-26-22-25-23-27(24-26,20-17-12-6-2-7-13-17)21-18-14-8-3-9-15-18/h1-15,26H,25H2. The lowest BCUT2D eigenvalue weighted by Crippen LogP contribution is -2.64. The van der Waals surface area contributed by atoms with Gasteiger partial charge in [-0.15, -0.1) is 0 Å². The van der Waals surface area contributed by atoms with Crippen molar-refractivity contribution < 1.29 is 25.6 Å². The van der Waals surface area contributed by atoms with Crippen molar-refractivity contribution in [2.24, 2.45) is 0 Å². The summed E-state index contributed by atoms with van der Waals surface area (Å²) in [5, 5.41) is 0. The Morgan fingerprint density at radius 2 is 1.15 bits per heavy atom. The van der Waals surface area contributed by atoms with Crippen LogP contribution in [0.5, 0.6) is 17.2 Å². The Labute approximate surface area is 162 Å². The second kappa shape index (κ2) is 8.52. The molecule has 1 saturated heterocycles. The van der Waals surface area contributed by atoms with E-state index < -0.39 is 28.6 Å². The van der Waals surface area contributed by atoms with Crippen molar-refractivity contribution in [2.45, 2.75) is 0 Å². The summed E-state index contributed by atoms with van der Waals surface area (Å²) in [7, 11) is -7.39. The molecule has 27 heavy (non-hydrogen) atoms. The number of hydrogen-bond donors (Lipinski definition) is 0. The Kier molecular flexibility index (Phi) is 5.67. The zero-order valence-corrected chi connectivity index (χ0v) is 18.0. The topological polar surface area (TPSA) is 55.4 Å². The lowest BCUT2D eigenvalue weighted by molar-refractivity contribution is 0.0989. The smallest absolute Gasteiger partial charge is 0.504 e. The molecule has 0 aliphatic carbocycles. The second-order valence-electron chi connectivity index (χ2n) is 5.60. The van der Waals surface area contributed by atoms with Crippen LogP contribution in [0, 0.1) is 0 Å². The molecular weight excluding hydrogens is 396 g/mol. The SMILES string of the molecule is c1ccc(O[SiH]2O[SiH2]O[Si](Oc3ccccc3)(Oc3ccccc3)O2)cc1. The van der Waals surface area contributed by atoms with Crippen LogP contribution in [-0.4, -0.2) is 28.6 Å². The molecule has 1 heterocycles. The lowest BCUT2D eigenvalue weighted by atomic mass is 10.3. The van der Waals surface area contributed by atoms with Gasteiger partial charge in [-0.2, -0.15) is 0 Å². The summed E-state index contributed by atoms with van der Waals surface area (Å²) < 4.78 is 35.8. The van der Waals surface area contributed by atoms with E-state index in [0.29, 0.717) is 17.2 Å². The number of rotatable bonds is 6. The van der Waals surface area contributed by atoms with E-state index in [0.717, 1.165) is 0 Å². The Morgan fingerprint density at radius 1 is 0.667 bits per heavy atom. The van der Waals surface area contributed by atoms with E-state index >= 15 is 0 Å². The van der Waals surface area contributed by atoms with Gasteiger partial charge in [-0.1, -0.05) is 54.6 Å². The molecule has 0 saturated carbocycles. The molecule has 1 aliphatic rings. The van der Waals surface area contributed by atoms with E-state index in [9.17, 15) is 0 Å². The van der Waals surface area contributed by atoms with Gasteiger partial charge in [-0.3, -0.25) is 0 Å². The highest BCUT2D eigenvalue weighted by molar-refractivity contribution is 6.71. The van der Waals surface area contributed by atoms with Crippen molar-refractivity contribution >= 4 is 28.6 Å². The molecule has 0 spiro atoms. The molecule has 3 aromatic carbocycles. The van der Waals surface area contributed by atoms with Crippen molar-refractivity contribution in [1.29, 1.82) is 0 Å². The predicted octanol–water partition coefficient (Wildman–Crippen LogP) is 2.44. The highest BCUT2D eigenvalue weighted by Crippen LogP contribution is 2.25. The van der Waals surface area contributed by atoms with Crippen LogP contribution in [0.15, 0.2) is 91.0 Å². The molecule has 9 heteroatoms. The first kappa shape index (κ1) is 18.0. The van der Waals surface area contributed by atoms with E-state index in [-0.39, 0.29) is 0 Å². The fraction of sp³-hybridized carbons (Fsp3) is 0. The zero-order valence-electron chi connectivity index (χ0n) is 14.4. The third kappa shape index (κ3) is 4.86. The summed E-state index contributed by atoms with van der Waals surface area (Å²) in [6, 6.07) is 28.1. The highest BCUT2D eigenvalue weighted by Gasteiger charge is 2.57. The number of hydrogen-bond acceptors (Lipinski definition) is 6. The molecule has 3 aromatic rings.